The Balaban J connectivity index is 1.76. The Morgan fingerprint density at radius 2 is 2.08 bits per heavy atom. The van der Waals surface area contributed by atoms with Gasteiger partial charge in [0.05, 0.1) is 12.1 Å². The molecule has 3 rings (SSSR count). The van der Waals surface area contributed by atoms with E-state index in [0.717, 1.165) is 37.9 Å². The number of carbonyl (C=O) groups is 1. The van der Waals surface area contributed by atoms with Gasteiger partial charge in [0.2, 0.25) is 5.91 Å². The average molecular weight is 332 g/mol. The lowest BCUT2D eigenvalue weighted by Crippen LogP contribution is -2.32. The van der Waals surface area contributed by atoms with Crippen molar-refractivity contribution >= 4 is 5.91 Å². The van der Waals surface area contributed by atoms with Crippen molar-refractivity contribution in [3.8, 4) is 0 Å². The fourth-order valence-electron chi connectivity index (χ4n) is 3.70. The Morgan fingerprint density at radius 1 is 1.38 bits per heavy atom. The van der Waals surface area contributed by atoms with Gasteiger partial charge in [0.1, 0.15) is 6.33 Å². The molecule has 1 aliphatic carbocycles. The van der Waals surface area contributed by atoms with Gasteiger partial charge in [-0.05, 0) is 31.1 Å². The van der Waals surface area contributed by atoms with Gasteiger partial charge >= 0.3 is 0 Å². The summed E-state index contributed by atoms with van der Waals surface area (Å²) in [5.74, 6) is 0.906. The monoisotopic (exact) mass is 332 g/mol. The summed E-state index contributed by atoms with van der Waals surface area (Å²) in [7, 11) is 3.62. The lowest BCUT2D eigenvalue weighted by Gasteiger charge is -2.31. The van der Waals surface area contributed by atoms with Crippen molar-refractivity contribution in [2.24, 2.45) is 12.5 Å². The van der Waals surface area contributed by atoms with Gasteiger partial charge in [0, 0.05) is 33.2 Å². The van der Waals surface area contributed by atoms with Crippen molar-refractivity contribution < 1.29 is 9.53 Å². The Hall–Kier alpha value is -1.69. The number of likely N-dealkylation sites (tertiary alicyclic amines) is 1. The SMILES string of the molecule is CO[C@@H]1C[C@@H](c2nncn2C)N(C(=O)C=C2CCC(C)(C)CC2)C1. The fraction of sp³-hybridized carbons (Fsp3) is 0.722. The first-order chi connectivity index (χ1) is 11.4. The van der Waals surface area contributed by atoms with E-state index >= 15 is 0 Å². The van der Waals surface area contributed by atoms with Crippen LogP contribution in [0.15, 0.2) is 18.0 Å². The molecule has 2 heterocycles. The minimum absolute atomic E-state index is 0.0549. The Morgan fingerprint density at radius 3 is 2.67 bits per heavy atom. The van der Waals surface area contributed by atoms with E-state index in [1.54, 1.807) is 13.4 Å². The first kappa shape index (κ1) is 17.1. The molecule has 1 saturated heterocycles. The highest BCUT2D eigenvalue weighted by Gasteiger charge is 2.38. The van der Waals surface area contributed by atoms with E-state index in [1.165, 1.54) is 5.57 Å². The van der Waals surface area contributed by atoms with Crippen molar-refractivity contribution in [3.63, 3.8) is 0 Å². The number of carbonyl (C=O) groups excluding carboxylic acids is 1. The lowest BCUT2D eigenvalue weighted by atomic mass is 9.75. The third kappa shape index (κ3) is 3.53. The van der Waals surface area contributed by atoms with Crippen LogP contribution in [0.5, 0.6) is 0 Å². The summed E-state index contributed by atoms with van der Waals surface area (Å²) in [6, 6.07) is -0.0631. The second-order valence-electron chi connectivity index (χ2n) is 7.87. The molecular weight excluding hydrogens is 304 g/mol. The highest BCUT2D eigenvalue weighted by molar-refractivity contribution is 5.89. The summed E-state index contributed by atoms with van der Waals surface area (Å²) < 4.78 is 7.39. The van der Waals surface area contributed by atoms with E-state index in [2.05, 4.69) is 24.0 Å². The molecule has 24 heavy (non-hydrogen) atoms. The Bertz CT molecular complexity index is 623. The molecule has 1 aromatic rings. The average Bonchev–Trinajstić information content (AvgIpc) is 3.15. The van der Waals surface area contributed by atoms with Crippen LogP contribution >= 0.6 is 0 Å². The molecule has 132 valence electrons. The summed E-state index contributed by atoms with van der Waals surface area (Å²) in [5.41, 5.74) is 1.67. The quantitative estimate of drug-likeness (QED) is 0.798. The minimum Gasteiger partial charge on any atom is -0.380 e. The number of nitrogens with zero attached hydrogens (tertiary/aromatic N) is 4. The molecule has 0 spiro atoms. The first-order valence-electron chi connectivity index (χ1n) is 8.76. The van der Waals surface area contributed by atoms with Gasteiger partial charge in [0.25, 0.3) is 0 Å². The number of amides is 1. The smallest absolute Gasteiger partial charge is 0.247 e. The van der Waals surface area contributed by atoms with E-state index in [4.69, 9.17) is 4.74 Å². The molecule has 1 aromatic heterocycles. The van der Waals surface area contributed by atoms with Crippen molar-refractivity contribution in [3.05, 3.63) is 23.8 Å². The van der Waals surface area contributed by atoms with E-state index in [-0.39, 0.29) is 18.1 Å². The molecular formula is C18H28N4O2. The Kier molecular flexibility index (Phi) is 4.76. The van der Waals surface area contributed by atoms with Gasteiger partial charge in [-0.15, -0.1) is 10.2 Å². The number of hydrogen-bond donors (Lipinski definition) is 0. The van der Waals surface area contributed by atoms with Crippen LogP contribution < -0.4 is 0 Å². The zero-order valence-electron chi connectivity index (χ0n) is 15.2. The molecule has 0 N–H and O–H groups in total. The molecule has 1 aliphatic heterocycles. The van der Waals surface area contributed by atoms with Crippen LogP contribution in [0.25, 0.3) is 0 Å². The molecule has 2 aliphatic rings. The predicted octanol–water partition coefficient (Wildman–Crippen LogP) is 2.63. The molecule has 2 atom stereocenters. The predicted molar refractivity (Wildman–Crippen MR) is 91.2 cm³/mol. The van der Waals surface area contributed by atoms with Crippen LogP contribution in [0, 0.1) is 5.41 Å². The van der Waals surface area contributed by atoms with Gasteiger partial charge in [-0.2, -0.15) is 0 Å². The standard InChI is InChI=1S/C18H28N4O2/c1-18(2)7-5-13(6-8-18)9-16(23)22-11-14(24-4)10-15(22)17-20-19-12-21(17)3/h9,12,14-15H,5-8,10-11H2,1-4H3/t14-,15+/m1/s1. The maximum atomic E-state index is 12.9. The lowest BCUT2D eigenvalue weighted by molar-refractivity contribution is -0.127. The van der Waals surface area contributed by atoms with Crippen LogP contribution in [0.2, 0.25) is 0 Å². The molecule has 6 heteroatoms. The van der Waals surface area contributed by atoms with Crippen molar-refractivity contribution in [2.45, 2.75) is 58.1 Å². The second-order valence-corrected chi connectivity index (χ2v) is 7.87. The number of ether oxygens (including phenoxy) is 1. The summed E-state index contributed by atoms with van der Waals surface area (Å²) in [5, 5.41) is 8.17. The maximum Gasteiger partial charge on any atom is 0.247 e. The normalized spacial score (nSPS) is 26.7. The molecule has 0 aromatic carbocycles. The first-order valence-corrected chi connectivity index (χ1v) is 8.76. The zero-order chi connectivity index (χ0) is 17.3. The van der Waals surface area contributed by atoms with Gasteiger partial charge in [0.15, 0.2) is 5.82 Å². The van der Waals surface area contributed by atoms with Crippen LogP contribution in [-0.2, 0) is 16.6 Å². The van der Waals surface area contributed by atoms with Crippen molar-refractivity contribution in [1.29, 1.82) is 0 Å². The molecule has 1 amide bonds. The van der Waals surface area contributed by atoms with Crippen LogP contribution in [0.3, 0.4) is 0 Å². The number of methoxy groups -OCH3 is 1. The van der Waals surface area contributed by atoms with Crippen LogP contribution in [0.1, 0.15) is 57.8 Å². The van der Waals surface area contributed by atoms with Crippen molar-refractivity contribution in [2.75, 3.05) is 13.7 Å². The van der Waals surface area contributed by atoms with E-state index in [1.807, 2.05) is 22.6 Å². The molecule has 0 bridgehead atoms. The summed E-state index contributed by atoms with van der Waals surface area (Å²) in [4.78, 5) is 14.8. The molecule has 6 nitrogen and oxygen atoms in total. The van der Waals surface area contributed by atoms with Crippen LogP contribution in [0.4, 0.5) is 0 Å². The maximum absolute atomic E-state index is 12.9. The number of hydrogen-bond acceptors (Lipinski definition) is 4. The number of aromatic nitrogens is 3. The van der Waals surface area contributed by atoms with E-state index < -0.39 is 0 Å². The number of rotatable bonds is 3. The molecule has 0 unspecified atom stereocenters. The summed E-state index contributed by atoms with van der Waals surface area (Å²) >= 11 is 0. The third-order valence-corrected chi connectivity index (χ3v) is 5.50. The molecule has 2 fully saturated rings. The summed E-state index contributed by atoms with van der Waals surface area (Å²) in [6.45, 7) is 5.22. The molecule has 0 radical (unpaired) electrons. The third-order valence-electron chi connectivity index (χ3n) is 5.50. The number of aryl methyl sites for hydroxylation is 1. The Labute approximate surface area is 143 Å². The van der Waals surface area contributed by atoms with Gasteiger partial charge in [-0.25, -0.2) is 0 Å². The fourth-order valence-corrected chi connectivity index (χ4v) is 3.70. The molecule has 1 saturated carbocycles. The van der Waals surface area contributed by atoms with Gasteiger partial charge in [-0.1, -0.05) is 19.4 Å². The van der Waals surface area contributed by atoms with Crippen LogP contribution in [-0.4, -0.2) is 45.3 Å². The largest absolute Gasteiger partial charge is 0.380 e. The highest BCUT2D eigenvalue weighted by Crippen LogP contribution is 2.38. The van der Waals surface area contributed by atoms with Gasteiger partial charge in [-0.3, -0.25) is 4.79 Å². The van der Waals surface area contributed by atoms with Gasteiger partial charge < -0.3 is 14.2 Å². The van der Waals surface area contributed by atoms with E-state index in [9.17, 15) is 4.79 Å². The summed E-state index contributed by atoms with van der Waals surface area (Å²) in [6.07, 6.45) is 8.71. The number of allylic oxidation sites excluding steroid dienone is 1. The van der Waals surface area contributed by atoms with E-state index in [0.29, 0.717) is 12.0 Å². The zero-order valence-corrected chi connectivity index (χ0v) is 15.2. The minimum atomic E-state index is -0.0631. The second kappa shape index (κ2) is 6.67. The topological polar surface area (TPSA) is 60.3 Å². The van der Waals surface area contributed by atoms with Crippen molar-refractivity contribution in [1.82, 2.24) is 19.7 Å². The highest BCUT2D eigenvalue weighted by atomic mass is 16.5.